The van der Waals surface area contributed by atoms with Crippen LogP contribution in [0.3, 0.4) is 0 Å². The summed E-state index contributed by atoms with van der Waals surface area (Å²) in [6, 6.07) is 18.6. The molecular formula is C18H20. The molecule has 2 rings (SSSR count). The maximum atomic E-state index is 4.05. The molecule has 18 heavy (non-hydrogen) atoms. The van der Waals surface area contributed by atoms with E-state index in [4.69, 9.17) is 0 Å². The lowest BCUT2D eigenvalue weighted by Crippen LogP contribution is -2.24. The van der Waals surface area contributed by atoms with Crippen molar-refractivity contribution in [1.82, 2.24) is 0 Å². The van der Waals surface area contributed by atoms with Gasteiger partial charge in [0.15, 0.2) is 0 Å². The summed E-state index contributed by atoms with van der Waals surface area (Å²) in [5.41, 5.74) is 2.54. The first-order valence-electron chi connectivity index (χ1n) is 6.08. The highest BCUT2D eigenvalue weighted by Gasteiger charge is 1.94. The highest BCUT2D eigenvalue weighted by molar-refractivity contribution is 5.63. The van der Waals surface area contributed by atoms with E-state index in [0.717, 1.165) is 5.22 Å². The first kappa shape index (κ1) is 14.0. The Hall–Kier alpha value is -2.08. The highest BCUT2D eigenvalue weighted by Crippen LogP contribution is 2.08. The van der Waals surface area contributed by atoms with Crippen LogP contribution in [0.15, 0.2) is 67.3 Å². The third kappa shape index (κ3) is 3.74. The Morgan fingerprint density at radius 2 is 1.44 bits per heavy atom. The van der Waals surface area contributed by atoms with Crippen LogP contribution in [0.5, 0.6) is 0 Å². The molecule has 0 amide bonds. The van der Waals surface area contributed by atoms with E-state index >= 15 is 0 Å². The maximum Gasteiger partial charge on any atom is -0.0155 e. The molecule has 0 aliphatic carbocycles. The van der Waals surface area contributed by atoms with E-state index in [0.29, 0.717) is 0 Å². The summed E-state index contributed by atoms with van der Waals surface area (Å²) < 4.78 is 0. The zero-order chi connectivity index (χ0) is 13.4. The van der Waals surface area contributed by atoms with Crippen molar-refractivity contribution in [1.29, 1.82) is 0 Å². The lowest BCUT2D eigenvalue weighted by Gasteiger charge is -2.01. The van der Waals surface area contributed by atoms with E-state index < -0.39 is 0 Å². The lowest BCUT2D eigenvalue weighted by molar-refractivity contribution is 1.45. The Balaban J connectivity index is 0.000000492. The maximum absolute atomic E-state index is 4.05. The largest absolute Gasteiger partial charge is 0.103 e. The van der Waals surface area contributed by atoms with E-state index in [2.05, 4.69) is 56.5 Å². The molecule has 0 fully saturated rings. The fraction of sp³-hybridized carbons (Fsp3) is 0.111. The Kier molecular flexibility index (Phi) is 5.66. The number of rotatable bonds is 1. The summed E-state index contributed by atoms with van der Waals surface area (Å²) in [7, 11) is 0. The second-order valence-corrected chi connectivity index (χ2v) is 4.06. The first-order chi connectivity index (χ1) is 8.70. The topological polar surface area (TPSA) is 0 Å². The summed E-state index contributed by atoms with van der Waals surface area (Å²) in [4.78, 5) is 0. The Labute approximate surface area is 110 Å². The van der Waals surface area contributed by atoms with Crippen molar-refractivity contribution < 1.29 is 0 Å². The quantitative estimate of drug-likeness (QED) is 0.665. The van der Waals surface area contributed by atoms with Crippen molar-refractivity contribution in [3.05, 3.63) is 83.3 Å². The normalized spacial score (nSPS) is 11.0. The second kappa shape index (κ2) is 7.29. The predicted octanol–water partition coefficient (Wildman–Crippen LogP) is 3.51. The molecule has 2 aromatic rings. The minimum atomic E-state index is 1.08. The third-order valence-corrected chi connectivity index (χ3v) is 2.63. The monoisotopic (exact) mass is 236 g/mol. The lowest BCUT2D eigenvalue weighted by atomic mass is 10.0. The van der Waals surface area contributed by atoms with Crippen molar-refractivity contribution in [2.24, 2.45) is 0 Å². The van der Waals surface area contributed by atoms with E-state index in [9.17, 15) is 0 Å². The number of hydrogen-bond donors (Lipinski definition) is 0. The molecule has 0 atom stereocenters. The smallest absolute Gasteiger partial charge is 0.0155 e. The molecule has 0 radical (unpaired) electrons. The SMILES string of the molecule is C=CC.C=c1cccc/c1=C(/C)c1ccccc1. The van der Waals surface area contributed by atoms with Crippen molar-refractivity contribution >= 4 is 12.2 Å². The molecule has 0 saturated carbocycles. The Bertz CT molecular complexity index is 591. The summed E-state index contributed by atoms with van der Waals surface area (Å²) in [6.45, 7) is 11.4. The van der Waals surface area contributed by atoms with Crippen LogP contribution in [-0.4, -0.2) is 0 Å². The fourth-order valence-corrected chi connectivity index (χ4v) is 1.73. The van der Waals surface area contributed by atoms with Gasteiger partial charge in [-0.05, 0) is 35.4 Å². The van der Waals surface area contributed by atoms with Gasteiger partial charge in [0.05, 0.1) is 0 Å². The Morgan fingerprint density at radius 1 is 0.944 bits per heavy atom. The molecule has 92 valence electrons. The molecule has 0 aliphatic rings. The minimum Gasteiger partial charge on any atom is -0.103 e. The van der Waals surface area contributed by atoms with Gasteiger partial charge in [-0.15, -0.1) is 6.58 Å². The Morgan fingerprint density at radius 3 is 2.00 bits per heavy atom. The van der Waals surface area contributed by atoms with E-state index in [1.807, 2.05) is 25.1 Å². The van der Waals surface area contributed by atoms with Crippen LogP contribution >= 0.6 is 0 Å². The molecule has 0 nitrogen and oxygen atoms in total. The van der Waals surface area contributed by atoms with E-state index in [-0.39, 0.29) is 0 Å². The van der Waals surface area contributed by atoms with Gasteiger partial charge in [0.2, 0.25) is 0 Å². The van der Waals surface area contributed by atoms with Gasteiger partial charge in [-0.3, -0.25) is 0 Å². The molecule has 0 heteroatoms. The molecular weight excluding hydrogens is 216 g/mol. The molecule has 0 spiro atoms. The second-order valence-electron chi connectivity index (χ2n) is 4.06. The van der Waals surface area contributed by atoms with Crippen LogP contribution < -0.4 is 10.4 Å². The molecule has 0 N–H and O–H groups in total. The van der Waals surface area contributed by atoms with Crippen LogP contribution in [0.1, 0.15) is 19.4 Å². The van der Waals surface area contributed by atoms with Crippen molar-refractivity contribution in [2.75, 3.05) is 0 Å². The average Bonchev–Trinajstić information content (AvgIpc) is 2.40. The van der Waals surface area contributed by atoms with Crippen molar-refractivity contribution in [3.63, 3.8) is 0 Å². The van der Waals surface area contributed by atoms with Crippen molar-refractivity contribution in [3.8, 4) is 0 Å². The van der Waals surface area contributed by atoms with Crippen LogP contribution in [0, 0.1) is 0 Å². The molecule has 0 unspecified atom stereocenters. The molecule has 0 bridgehead atoms. The highest BCUT2D eigenvalue weighted by atomic mass is 14.0. The van der Waals surface area contributed by atoms with Crippen LogP contribution in [0.4, 0.5) is 0 Å². The van der Waals surface area contributed by atoms with E-state index in [1.165, 1.54) is 16.4 Å². The van der Waals surface area contributed by atoms with Gasteiger partial charge in [-0.25, -0.2) is 0 Å². The molecule has 0 saturated heterocycles. The molecule has 0 aliphatic heterocycles. The molecule has 0 aromatic heterocycles. The number of benzene rings is 2. The minimum absolute atomic E-state index is 1.08. The summed E-state index contributed by atoms with van der Waals surface area (Å²) in [5.74, 6) is 0. The molecule has 0 heterocycles. The summed E-state index contributed by atoms with van der Waals surface area (Å²) in [5, 5.41) is 2.31. The zero-order valence-electron chi connectivity index (χ0n) is 11.2. The zero-order valence-corrected chi connectivity index (χ0v) is 11.2. The molecule has 2 aromatic carbocycles. The number of allylic oxidation sites excluding steroid dienone is 1. The van der Waals surface area contributed by atoms with Gasteiger partial charge >= 0.3 is 0 Å². The summed E-state index contributed by atoms with van der Waals surface area (Å²) in [6.07, 6.45) is 1.75. The first-order valence-corrected chi connectivity index (χ1v) is 6.08. The third-order valence-electron chi connectivity index (χ3n) is 2.63. The van der Waals surface area contributed by atoms with Gasteiger partial charge < -0.3 is 0 Å². The van der Waals surface area contributed by atoms with Crippen molar-refractivity contribution in [2.45, 2.75) is 13.8 Å². The number of hydrogen-bond acceptors (Lipinski definition) is 0. The average molecular weight is 236 g/mol. The van der Waals surface area contributed by atoms with Gasteiger partial charge in [0.25, 0.3) is 0 Å². The predicted molar refractivity (Wildman–Crippen MR) is 81.7 cm³/mol. The van der Waals surface area contributed by atoms with Crippen LogP contribution in [0.25, 0.3) is 12.2 Å². The fourth-order valence-electron chi connectivity index (χ4n) is 1.73. The van der Waals surface area contributed by atoms with E-state index in [1.54, 1.807) is 6.08 Å². The summed E-state index contributed by atoms with van der Waals surface area (Å²) >= 11 is 0. The standard InChI is InChI=1S/C15H14.C3H6/c1-12-8-6-7-11-15(12)13(2)14-9-4-3-5-10-14;1-3-2/h3-11H,1H2,2H3;3H,1H2,2H3/b15-13+;. The van der Waals surface area contributed by atoms with Gasteiger partial charge in [0.1, 0.15) is 0 Å². The van der Waals surface area contributed by atoms with Gasteiger partial charge in [-0.2, -0.15) is 0 Å². The van der Waals surface area contributed by atoms with Crippen LogP contribution in [-0.2, 0) is 0 Å². The van der Waals surface area contributed by atoms with Gasteiger partial charge in [-0.1, -0.05) is 67.3 Å². The van der Waals surface area contributed by atoms with Gasteiger partial charge in [0, 0.05) is 0 Å². The van der Waals surface area contributed by atoms with Crippen LogP contribution in [0.2, 0.25) is 0 Å².